The molecule has 6 heteroatoms. The van der Waals surface area contributed by atoms with E-state index < -0.39 is 0 Å². The number of carbonyl (C=O) groups is 1. The van der Waals surface area contributed by atoms with Crippen LogP contribution in [0.15, 0.2) is 18.5 Å². The van der Waals surface area contributed by atoms with Crippen molar-refractivity contribution in [3.8, 4) is 11.5 Å². The Morgan fingerprint density at radius 2 is 2.23 bits per heavy atom. The lowest BCUT2D eigenvalue weighted by molar-refractivity contribution is -0.131. The van der Waals surface area contributed by atoms with E-state index in [-0.39, 0.29) is 11.9 Å². The van der Waals surface area contributed by atoms with Gasteiger partial charge in [-0.15, -0.1) is 0 Å². The summed E-state index contributed by atoms with van der Waals surface area (Å²) in [4.78, 5) is 27.7. The predicted molar refractivity (Wildman–Crippen MR) is 83.0 cm³/mol. The number of nitrogens with zero attached hydrogens (tertiary/aromatic N) is 5. The van der Waals surface area contributed by atoms with Gasteiger partial charge in [0.2, 0.25) is 5.91 Å². The zero-order valence-electron chi connectivity index (χ0n) is 13.3. The summed E-state index contributed by atoms with van der Waals surface area (Å²) in [6, 6.07) is 1.93. The van der Waals surface area contributed by atoms with Gasteiger partial charge in [0.05, 0.1) is 6.04 Å². The lowest BCUT2D eigenvalue weighted by atomic mass is 10.2. The molecule has 0 aromatic carbocycles. The average molecular weight is 299 g/mol. The molecule has 116 valence electrons. The Balaban J connectivity index is 1.99. The summed E-state index contributed by atoms with van der Waals surface area (Å²) in [7, 11) is 1.95. The van der Waals surface area contributed by atoms with E-state index in [9.17, 15) is 4.79 Å². The zero-order valence-corrected chi connectivity index (χ0v) is 13.3. The van der Waals surface area contributed by atoms with Crippen LogP contribution in [0.4, 0.5) is 0 Å². The zero-order chi connectivity index (χ0) is 15.7. The van der Waals surface area contributed by atoms with Crippen LogP contribution in [-0.4, -0.2) is 36.9 Å². The summed E-state index contributed by atoms with van der Waals surface area (Å²) in [6.07, 6.45) is 6.11. The molecule has 1 saturated heterocycles. The number of likely N-dealkylation sites (tertiary alicyclic amines) is 1. The van der Waals surface area contributed by atoms with E-state index in [4.69, 9.17) is 4.98 Å². The van der Waals surface area contributed by atoms with Gasteiger partial charge >= 0.3 is 0 Å². The topological polar surface area (TPSA) is 63.9 Å². The number of aryl methyl sites for hydroxylation is 2. The highest BCUT2D eigenvalue weighted by Gasteiger charge is 2.31. The van der Waals surface area contributed by atoms with Crippen molar-refractivity contribution in [2.45, 2.75) is 39.2 Å². The first-order chi connectivity index (χ1) is 10.6. The van der Waals surface area contributed by atoms with Crippen LogP contribution in [0.2, 0.25) is 0 Å². The number of rotatable bonds is 3. The minimum atomic E-state index is -0.00799. The molecular weight excluding hydrogens is 278 g/mol. The molecule has 6 nitrogen and oxygen atoms in total. The van der Waals surface area contributed by atoms with Gasteiger partial charge in [-0.05, 0) is 25.8 Å². The Morgan fingerprint density at radius 3 is 2.91 bits per heavy atom. The van der Waals surface area contributed by atoms with Gasteiger partial charge in [-0.25, -0.2) is 15.0 Å². The van der Waals surface area contributed by atoms with Crippen LogP contribution >= 0.6 is 0 Å². The second-order valence-corrected chi connectivity index (χ2v) is 5.71. The van der Waals surface area contributed by atoms with Crippen molar-refractivity contribution in [3.05, 3.63) is 30.0 Å². The Labute approximate surface area is 130 Å². The molecule has 0 saturated carbocycles. The number of aromatic nitrogens is 4. The van der Waals surface area contributed by atoms with Gasteiger partial charge in [0.25, 0.3) is 0 Å². The maximum absolute atomic E-state index is 12.1. The number of imidazole rings is 1. The van der Waals surface area contributed by atoms with Crippen molar-refractivity contribution < 1.29 is 4.79 Å². The maximum atomic E-state index is 12.1. The van der Waals surface area contributed by atoms with Gasteiger partial charge in [-0.2, -0.15) is 0 Å². The average Bonchev–Trinajstić information content (AvgIpc) is 3.14. The smallest absolute Gasteiger partial charge is 0.222 e. The van der Waals surface area contributed by atoms with Crippen LogP contribution < -0.4 is 0 Å². The second kappa shape index (κ2) is 5.87. The van der Waals surface area contributed by atoms with Crippen molar-refractivity contribution in [1.29, 1.82) is 0 Å². The number of carbonyl (C=O) groups excluding carboxylic acids is 1. The van der Waals surface area contributed by atoms with Crippen LogP contribution in [0.25, 0.3) is 11.5 Å². The summed E-state index contributed by atoms with van der Waals surface area (Å²) in [5.41, 5.74) is 1.71. The molecule has 2 aromatic rings. The molecule has 3 rings (SSSR count). The quantitative estimate of drug-likeness (QED) is 0.872. The Morgan fingerprint density at radius 1 is 1.41 bits per heavy atom. The first-order valence-corrected chi connectivity index (χ1v) is 7.73. The number of hydrogen-bond donors (Lipinski definition) is 0. The van der Waals surface area contributed by atoms with E-state index in [2.05, 4.69) is 9.97 Å². The second-order valence-electron chi connectivity index (χ2n) is 5.71. The van der Waals surface area contributed by atoms with Crippen molar-refractivity contribution >= 4 is 5.91 Å². The van der Waals surface area contributed by atoms with E-state index in [1.54, 1.807) is 6.20 Å². The van der Waals surface area contributed by atoms with Gasteiger partial charge in [-0.3, -0.25) is 4.79 Å². The van der Waals surface area contributed by atoms with Crippen LogP contribution in [0.5, 0.6) is 0 Å². The third kappa shape index (κ3) is 2.61. The minimum absolute atomic E-state index is 0.00799. The van der Waals surface area contributed by atoms with Gasteiger partial charge in [0, 0.05) is 38.1 Å². The molecule has 0 spiro atoms. The SMILES string of the molecule is CCC(=O)N1CCCC1c1nc(C)cc(-c2nccn2C)n1. The van der Waals surface area contributed by atoms with Gasteiger partial charge in [0.1, 0.15) is 5.69 Å². The molecule has 3 heterocycles. The summed E-state index contributed by atoms with van der Waals surface area (Å²) >= 11 is 0. The first-order valence-electron chi connectivity index (χ1n) is 7.73. The predicted octanol–water partition coefficient (Wildman–Crippen LogP) is 2.26. The molecule has 1 atom stereocenters. The van der Waals surface area contributed by atoms with E-state index in [1.807, 2.05) is 42.6 Å². The number of amides is 1. The van der Waals surface area contributed by atoms with Gasteiger partial charge in [0.15, 0.2) is 11.6 Å². The lowest BCUT2D eigenvalue weighted by Gasteiger charge is -2.23. The molecule has 0 aliphatic carbocycles. The maximum Gasteiger partial charge on any atom is 0.222 e. The molecule has 1 unspecified atom stereocenters. The fourth-order valence-electron chi connectivity index (χ4n) is 3.00. The molecule has 1 aliphatic heterocycles. The largest absolute Gasteiger partial charge is 0.333 e. The van der Waals surface area contributed by atoms with Crippen molar-refractivity contribution in [2.75, 3.05) is 6.54 Å². The fraction of sp³-hybridized carbons (Fsp3) is 0.500. The van der Waals surface area contributed by atoms with E-state index in [1.165, 1.54) is 0 Å². The van der Waals surface area contributed by atoms with Gasteiger partial charge in [-0.1, -0.05) is 6.92 Å². The molecule has 1 aliphatic rings. The van der Waals surface area contributed by atoms with E-state index >= 15 is 0 Å². The highest BCUT2D eigenvalue weighted by molar-refractivity contribution is 5.76. The van der Waals surface area contributed by atoms with Crippen molar-refractivity contribution in [3.63, 3.8) is 0 Å². The number of hydrogen-bond acceptors (Lipinski definition) is 4. The summed E-state index contributed by atoms with van der Waals surface area (Å²) in [5, 5.41) is 0. The summed E-state index contributed by atoms with van der Waals surface area (Å²) < 4.78 is 1.94. The van der Waals surface area contributed by atoms with E-state index in [0.717, 1.165) is 42.4 Å². The Hall–Kier alpha value is -2.24. The third-order valence-corrected chi connectivity index (χ3v) is 4.10. The third-order valence-electron chi connectivity index (χ3n) is 4.10. The molecule has 1 amide bonds. The van der Waals surface area contributed by atoms with Crippen LogP contribution in [0.1, 0.15) is 43.7 Å². The van der Waals surface area contributed by atoms with Crippen LogP contribution in [0, 0.1) is 6.92 Å². The van der Waals surface area contributed by atoms with Crippen LogP contribution in [0.3, 0.4) is 0 Å². The van der Waals surface area contributed by atoms with Gasteiger partial charge < -0.3 is 9.47 Å². The molecule has 0 N–H and O–H groups in total. The summed E-state index contributed by atoms with van der Waals surface area (Å²) in [6.45, 7) is 4.65. The molecule has 22 heavy (non-hydrogen) atoms. The van der Waals surface area contributed by atoms with Crippen LogP contribution in [-0.2, 0) is 11.8 Å². The highest BCUT2D eigenvalue weighted by atomic mass is 16.2. The fourth-order valence-corrected chi connectivity index (χ4v) is 3.00. The summed E-state index contributed by atoms with van der Waals surface area (Å²) in [5.74, 6) is 1.72. The molecular formula is C16H21N5O. The monoisotopic (exact) mass is 299 g/mol. The minimum Gasteiger partial charge on any atom is -0.333 e. The molecule has 0 radical (unpaired) electrons. The molecule has 2 aromatic heterocycles. The van der Waals surface area contributed by atoms with Crippen molar-refractivity contribution in [2.24, 2.45) is 7.05 Å². The molecule has 0 bridgehead atoms. The normalized spacial score (nSPS) is 18.0. The first kappa shape index (κ1) is 14.7. The Kier molecular flexibility index (Phi) is 3.92. The van der Waals surface area contributed by atoms with E-state index in [0.29, 0.717) is 6.42 Å². The van der Waals surface area contributed by atoms with Crippen molar-refractivity contribution in [1.82, 2.24) is 24.4 Å². The molecule has 1 fully saturated rings. The lowest BCUT2D eigenvalue weighted by Crippen LogP contribution is -2.31. The Bertz CT molecular complexity index is 694. The standard InChI is InChI=1S/C16H21N5O/c1-4-14(22)21-8-5-6-13(21)15-18-11(2)10-12(19-15)16-17-7-9-20(16)3/h7,9-10,13H,4-6,8H2,1-3H3. The highest BCUT2D eigenvalue weighted by Crippen LogP contribution is 2.31.